The second-order valence-electron chi connectivity index (χ2n) is 5.50. The molecule has 0 aromatic heterocycles. The van der Waals surface area contributed by atoms with Crippen LogP contribution in [0.4, 0.5) is 0 Å². The highest BCUT2D eigenvalue weighted by Gasteiger charge is 2.14. The van der Waals surface area contributed by atoms with Gasteiger partial charge in [-0.2, -0.15) is 0 Å². The number of hydrogen-bond donors (Lipinski definition) is 1. The van der Waals surface area contributed by atoms with Crippen LogP contribution in [0.5, 0.6) is 0 Å². The molecule has 0 unspecified atom stereocenters. The Kier molecular flexibility index (Phi) is 6.94. The van der Waals surface area contributed by atoms with E-state index in [0.717, 1.165) is 12.0 Å². The van der Waals surface area contributed by atoms with E-state index in [1.807, 2.05) is 30.3 Å². The van der Waals surface area contributed by atoms with Gasteiger partial charge < -0.3 is 5.11 Å². The van der Waals surface area contributed by atoms with Crippen LogP contribution in [0.1, 0.15) is 32.3 Å². The Hall–Kier alpha value is -1.68. The molecule has 0 aliphatic carbocycles. The Bertz CT molecular complexity index is 429. The van der Waals surface area contributed by atoms with Crippen molar-refractivity contribution in [2.75, 3.05) is 13.1 Å². The van der Waals surface area contributed by atoms with Crippen molar-refractivity contribution in [3.63, 3.8) is 0 Å². The quantitative estimate of drug-likeness (QED) is 0.753. The molecular formula is C16H23NO3. The fraction of sp³-hybridized carbons (Fsp3) is 0.500. The van der Waals surface area contributed by atoms with Crippen molar-refractivity contribution in [2.45, 2.75) is 33.2 Å². The Labute approximate surface area is 120 Å². The number of hydrogen-bond acceptors (Lipinski definition) is 3. The fourth-order valence-electron chi connectivity index (χ4n) is 1.98. The van der Waals surface area contributed by atoms with E-state index in [1.165, 1.54) is 0 Å². The van der Waals surface area contributed by atoms with Gasteiger partial charge in [0.15, 0.2) is 0 Å². The molecule has 110 valence electrons. The van der Waals surface area contributed by atoms with Crippen molar-refractivity contribution in [3.05, 3.63) is 35.9 Å². The molecule has 0 amide bonds. The van der Waals surface area contributed by atoms with Gasteiger partial charge >= 0.3 is 5.97 Å². The van der Waals surface area contributed by atoms with E-state index in [0.29, 0.717) is 18.9 Å². The number of carbonyl (C=O) groups is 2. The average molecular weight is 277 g/mol. The topological polar surface area (TPSA) is 57.6 Å². The molecule has 0 radical (unpaired) electrons. The molecule has 0 aliphatic heterocycles. The predicted molar refractivity (Wildman–Crippen MR) is 78.4 cm³/mol. The van der Waals surface area contributed by atoms with Crippen LogP contribution in [0.15, 0.2) is 30.3 Å². The normalized spacial score (nSPS) is 11.0. The van der Waals surface area contributed by atoms with Gasteiger partial charge in [0.2, 0.25) is 0 Å². The second kappa shape index (κ2) is 8.48. The van der Waals surface area contributed by atoms with Crippen molar-refractivity contribution >= 4 is 11.8 Å². The predicted octanol–water partition coefficient (Wildman–Crippen LogP) is 2.58. The summed E-state index contributed by atoms with van der Waals surface area (Å²) in [5.41, 5.74) is 1.02. The highest BCUT2D eigenvalue weighted by atomic mass is 16.4. The molecule has 0 saturated heterocycles. The van der Waals surface area contributed by atoms with Crippen LogP contribution in [0.25, 0.3) is 0 Å². The zero-order valence-electron chi connectivity index (χ0n) is 12.2. The van der Waals surface area contributed by atoms with Gasteiger partial charge in [-0.25, -0.2) is 0 Å². The summed E-state index contributed by atoms with van der Waals surface area (Å²) in [5.74, 6) is -0.311. The van der Waals surface area contributed by atoms with Gasteiger partial charge in [-0.15, -0.1) is 0 Å². The number of aliphatic carboxylic acids is 1. The Morgan fingerprint density at radius 1 is 1.15 bits per heavy atom. The van der Waals surface area contributed by atoms with Gasteiger partial charge in [-0.1, -0.05) is 44.2 Å². The van der Waals surface area contributed by atoms with E-state index in [9.17, 15) is 9.59 Å². The number of nitrogens with zero attached hydrogens (tertiary/aromatic N) is 1. The first-order valence-corrected chi connectivity index (χ1v) is 6.97. The maximum absolute atomic E-state index is 11.9. The van der Waals surface area contributed by atoms with E-state index in [2.05, 4.69) is 13.8 Å². The number of carbonyl (C=O) groups excluding carboxylic acids is 1. The minimum absolute atomic E-state index is 0.107. The molecule has 1 N–H and O–H groups in total. The summed E-state index contributed by atoms with van der Waals surface area (Å²) in [5, 5.41) is 8.94. The number of rotatable bonds is 9. The number of carboxylic acid groups (broad SMARTS) is 1. The van der Waals surface area contributed by atoms with Crippen LogP contribution < -0.4 is 0 Å². The molecule has 20 heavy (non-hydrogen) atoms. The highest BCUT2D eigenvalue weighted by Crippen LogP contribution is 2.08. The van der Waals surface area contributed by atoms with Gasteiger partial charge in [0, 0.05) is 13.0 Å². The average Bonchev–Trinajstić information content (AvgIpc) is 2.36. The van der Waals surface area contributed by atoms with Crippen LogP contribution in [0.2, 0.25) is 0 Å². The molecule has 4 nitrogen and oxygen atoms in total. The lowest BCUT2D eigenvalue weighted by molar-refractivity contribution is -0.138. The standard InChI is InChI=1S/C16H23NO3/c1-13(2)8-9-15(18)11-17(12-16(19)20)10-14-6-4-3-5-7-14/h3-7,13H,8-12H2,1-2H3,(H,19,20). The van der Waals surface area contributed by atoms with E-state index in [4.69, 9.17) is 5.11 Å². The fourth-order valence-corrected chi connectivity index (χ4v) is 1.98. The highest BCUT2D eigenvalue weighted by molar-refractivity contribution is 5.81. The van der Waals surface area contributed by atoms with Crippen molar-refractivity contribution in [1.29, 1.82) is 0 Å². The number of ketones is 1. The van der Waals surface area contributed by atoms with Gasteiger partial charge in [0.05, 0.1) is 13.1 Å². The maximum atomic E-state index is 11.9. The number of carboxylic acids is 1. The van der Waals surface area contributed by atoms with Gasteiger partial charge in [0.25, 0.3) is 0 Å². The third kappa shape index (κ3) is 7.04. The Morgan fingerprint density at radius 3 is 2.35 bits per heavy atom. The summed E-state index contributed by atoms with van der Waals surface area (Å²) in [6.45, 7) is 4.73. The summed E-state index contributed by atoms with van der Waals surface area (Å²) in [6, 6.07) is 9.61. The Balaban J connectivity index is 2.55. The molecule has 0 spiro atoms. The van der Waals surface area contributed by atoms with Gasteiger partial charge in [-0.3, -0.25) is 14.5 Å². The van der Waals surface area contributed by atoms with Crippen molar-refractivity contribution in [1.82, 2.24) is 4.90 Å². The zero-order valence-corrected chi connectivity index (χ0v) is 12.2. The first-order valence-electron chi connectivity index (χ1n) is 6.97. The van der Waals surface area contributed by atoms with Crippen molar-refractivity contribution in [2.24, 2.45) is 5.92 Å². The molecule has 4 heteroatoms. The molecule has 1 rings (SSSR count). The molecule has 1 aromatic carbocycles. The van der Waals surface area contributed by atoms with Crippen LogP contribution in [-0.2, 0) is 16.1 Å². The largest absolute Gasteiger partial charge is 0.480 e. The monoisotopic (exact) mass is 277 g/mol. The van der Waals surface area contributed by atoms with E-state index in [1.54, 1.807) is 4.90 Å². The lowest BCUT2D eigenvalue weighted by Crippen LogP contribution is -2.34. The van der Waals surface area contributed by atoms with Crippen molar-refractivity contribution < 1.29 is 14.7 Å². The van der Waals surface area contributed by atoms with Gasteiger partial charge in [-0.05, 0) is 17.9 Å². The van der Waals surface area contributed by atoms with Crippen LogP contribution in [0, 0.1) is 5.92 Å². The molecule has 0 fully saturated rings. The summed E-state index contributed by atoms with van der Waals surface area (Å²) in [4.78, 5) is 24.5. The lowest BCUT2D eigenvalue weighted by Gasteiger charge is -2.19. The van der Waals surface area contributed by atoms with Gasteiger partial charge in [0.1, 0.15) is 5.78 Å². The smallest absolute Gasteiger partial charge is 0.317 e. The van der Waals surface area contributed by atoms with E-state index < -0.39 is 5.97 Å². The zero-order chi connectivity index (χ0) is 15.0. The molecular weight excluding hydrogens is 254 g/mol. The molecule has 0 aliphatic rings. The Morgan fingerprint density at radius 2 is 1.80 bits per heavy atom. The third-order valence-corrected chi connectivity index (χ3v) is 3.01. The first kappa shape index (κ1) is 16.4. The van der Waals surface area contributed by atoms with Crippen LogP contribution in [0.3, 0.4) is 0 Å². The first-order chi connectivity index (χ1) is 9.47. The maximum Gasteiger partial charge on any atom is 0.317 e. The summed E-state index contributed by atoms with van der Waals surface area (Å²) in [6.07, 6.45) is 1.37. The summed E-state index contributed by atoms with van der Waals surface area (Å²) in [7, 11) is 0. The molecule has 0 bridgehead atoms. The minimum atomic E-state index is -0.905. The molecule has 0 heterocycles. The van der Waals surface area contributed by atoms with Crippen LogP contribution in [-0.4, -0.2) is 34.8 Å². The van der Waals surface area contributed by atoms with E-state index in [-0.39, 0.29) is 18.9 Å². The number of benzene rings is 1. The van der Waals surface area contributed by atoms with Crippen LogP contribution >= 0.6 is 0 Å². The summed E-state index contributed by atoms with van der Waals surface area (Å²) >= 11 is 0. The number of Topliss-reactive ketones (excluding diaryl/α,β-unsaturated/α-hetero) is 1. The third-order valence-electron chi connectivity index (χ3n) is 3.01. The minimum Gasteiger partial charge on any atom is -0.480 e. The van der Waals surface area contributed by atoms with Crippen molar-refractivity contribution in [3.8, 4) is 0 Å². The SMILES string of the molecule is CC(C)CCC(=O)CN(CC(=O)O)Cc1ccccc1. The lowest BCUT2D eigenvalue weighted by atomic mass is 10.1. The summed E-state index contributed by atoms with van der Waals surface area (Å²) < 4.78 is 0. The molecule has 0 atom stereocenters. The molecule has 1 aromatic rings. The second-order valence-corrected chi connectivity index (χ2v) is 5.50. The van der Waals surface area contributed by atoms with E-state index >= 15 is 0 Å². The molecule has 0 saturated carbocycles.